The smallest absolute Gasteiger partial charge is 0.251 e. The molecule has 0 aromatic heterocycles. The number of rotatable bonds is 5. The zero-order valence-electron chi connectivity index (χ0n) is 13.2. The molecule has 1 aromatic carbocycles. The second-order valence-electron chi connectivity index (χ2n) is 6.23. The summed E-state index contributed by atoms with van der Waals surface area (Å²) in [7, 11) is -3.78. The van der Waals surface area contributed by atoms with Crippen molar-refractivity contribution in [3.05, 3.63) is 29.8 Å². The van der Waals surface area contributed by atoms with Gasteiger partial charge in [-0.2, -0.15) is 4.72 Å². The minimum atomic E-state index is -3.78. The van der Waals surface area contributed by atoms with Gasteiger partial charge in [-0.25, -0.2) is 8.42 Å². The van der Waals surface area contributed by atoms with E-state index < -0.39 is 16.1 Å². The highest BCUT2D eigenvalue weighted by Gasteiger charge is 2.29. The van der Waals surface area contributed by atoms with Gasteiger partial charge >= 0.3 is 0 Å². The molecule has 3 rings (SSSR count). The first-order valence-corrected chi connectivity index (χ1v) is 9.65. The third kappa shape index (κ3) is 3.76. The zero-order chi connectivity index (χ0) is 17.2. The van der Waals surface area contributed by atoms with Crippen molar-refractivity contribution >= 4 is 21.8 Å². The lowest BCUT2D eigenvalue weighted by Gasteiger charge is -2.13. The van der Waals surface area contributed by atoms with Crippen molar-refractivity contribution in [1.29, 1.82) is 0 Å². The van der Waals surface area contributed by atoms with Crippen LogP contribution in [0.15, 0.2) is 29.2 Å². The Kier molecular flexibility index (Phi) is 4.86. The van der Waals surface area contributed by atoms with Gasteiger partial charge in [0.2, 0.25) is 15.9 Å². The van der Waals surface area contributed by atoms with Crippen LogP contribution in [0.1, 0.15) is 42.5 Å². The van der Waals surface area contributed by atoms with Gasteiger partial charge in [0.05, 0.1) is 4.90 Å². The fraction of sp³-hybridized carbons (Fsp3) is 0.500. The first-order valence-electron chi connectivity index (χ1n) is 8.17. The fourth-order valence-electron chi connectivity index (χ4n) is 3.09. The van der Waals surface area contributed by atoms with Crippen LogP contribution in [0.5, 0.6) is 0 Å². The first kappa shape index (κ1) is 16.9. The lowest BCUT2D eigenvalue weighted by atomic mass is 10.2. The minimum Gasteiger partial charge on any atom is -0.355 e. The van der Waals surface area contributed by atoms with Crippen LogP contribution < -0.4 is 15.4 Å². The Bertz CT molecular complexity index is 724. The molecular weight excluding hydrogens is 330 g/mol. The molecule has 2 fully saturated rings. The highest BCUT2D eigenvalue weighted by molar-refractivity contribution is 7.89. The Hall–Kier alpha value is -1.93. The summed E-state index contributed by atoms with van der Waals surface area (Å²) in [6.07, 6.45) is 4.67. The summed E-state index contributed by atoms with van der Waals surface area (Å²) in [6, 6.07) is 5.24. The van der Waals surface area contributed by atoms with Gasteiger partial charge in [0.1, 0.15) is 6.04 Å². The monoisotopic (exact) mass is 351 g/mol. The molecule has 7 nitrogen and oxygen atoms in total. The molecule has 1 aliphatic heterocycles. The Morgan fingerprint density at radius 2 is 1.75 bits per heavy atom. The van der Waals surface area contributed by atoms with E-state index in [4.69, 9.17) is 0 Å². The van der Waals surface area contributed by atoms with Crippen molar-refractivity contribution in [2.75, 3.05) is 6.54 Å². The number of sulfonamides is 1. The van der Waals surface area contributed by atoms with E-state index in [1.54, 1.807) is 0 Å². The molecule has 2 amide bonds. The van der Waals surface area contributed by atoms with Crippen molar-refractivity contribution < 1.29 is 18.0 Å². The van der Waals surface area contributed by atoms with Crippen LogP contribution >= 0.6 is 0 Å². The SMILES string of the molecule is O=C(NC1CCCC1)c1ccc(S(=O)(=O)N[C@@H]2CCNC2=O)cc1. The molecule has 0 unspecified atom stereocenters. The van der Waals surface area contributed by atoms with E-state index in [1.165, 1.54) is 24.3 Å². The Morgan fingerprint density at radius 3 is 2.33 bits per heavy atom. The third-order valence-electron chi connectivity index (χ3n) is 4.46. The van der Waals surface area contributed by atoms with Gasteiger partial charge in [-0.05, 0) is 43.5 Å². The van der Waals surface area contributed by atoms with Gasteiger partial charge in [-0.1, -0.05) is 12.8 Å². The van der Waals surface area contributed by atoms with Crippen LogP contribution in [-0.4, -0.2) is 38.9 Å². The first-order chi connectivity index (χ1) is 11.5. The van der Waals surface area contributed by atoms with Crippen molar-refractivity contribution in [1.82, 2.24) is 15.4 Å². The predicted molar refractivity (Wildman–Crippen MR) is 87.9 cm³/mol. The summed E-state index contributed by atoms with van der Waals surface area (Å²) in [5, 5.41) is 5.54. The van der Waals surface area contributed by atoms with Gasteiger partial charge in [0.15, 0.2) is 0 Å². The van der Waals surface area contributed by atoms with Gasteiger partial charge in [0.25, 0.3) is 5.91 Å². The molecule has 0 spiro atoms. The minimum absolute atomic E-state index is 0.0413. The maximum atomic E-state index is 12.3. The number of nitrogens with one attached hydrogen (secondary N) is 3. The quantitative estimate of drug-likeness (QED) is 0.719. The molecule has 1 aliphatic carbocycles. The van der Waals surface area contributed by atoms with E-state index in [9.17, 15) is 18.0 Å². The lowest BCUT2D eigenvalue weighted by Crippen LogP contribution is -2.40. The van der Waals surface area contributed by atoms with Crippen molar-refractivity contribution in [3.63, 3.8) is 0 Å². The average molecular weight is 351 g/mol. The molecular formula is C16H21N3O4S. The van der Waals surface area contributed by atoms with E-state index in [-0.39, 0.29) is 22.8 Å². The average Bonchev–Trinajstić information content (AvgIpc) is 3.20. The van der Waals surface area contributed by atoms with E-state index in [0.29, 0.717) is 18.5 Å². The second kappa shape index (κ2) is 6.90. The van der Waals surface area contributed by atoms with Crippen LogP contribution in [0, 0.1) is 0 Å². The highest BCUT2D eigenvalue weighted by Crippen LogP contribution is 2.18. The maximum Gasteiger partial charge on any atom is 0.251 e. The summed E-state index contributed by atoms with van der Waals surface area (Å²) in [4.78, 5) is 23.7. The van der Waals surface area contributed by atoms with Crippen LogP contribution in [0.3, 0.4) is 0 Å². The normalized spacial score (nSPS) is 21.7. The van der Waals surface area contributed by atoms with Gasteiger partial charge in [0, 0.05) is 18.2 Å². The zero-order valence-corrected chi connectivity index (χ0v) is 14.1. The molecule has 1 saturated heterocycles. The molecule has 8 heteroatoms. The van der Waals surface area contributed by atoms with Crippen LogP contribution in [0.2, 0.25) is 0 Å². The molecule has 1 aromatic rings. The number of carbonyl (C=O) groups excluding carboxylic acids is 2. The predicted octanol–water partition coefficient (Wildman–Crippen LogP) is 0.526. The molecule has 24 heavy (non-hydrogen) atoms. The van der Waals surface area contributed by atoms with E-state index in [1.807, 2.05) is 0 Å². The van der Waals surface area contributed by atoms with Crippen LogP contribution in [0.4, 0.5) is 0 Å². The summed E-state index contributed by atoms with van der Waals surface area (Å²) in [5.41, 5.74) is 0.430. The van der Waals surface area contributed by atoms with Crippen LogP contribution in [-0.2, 0) is 14.8 Å². The number of benzene rings is 1. The molecule has 2 aliphatic rings. The number of hydrogen-bond donors (Lipinski definition) is 3. The van der Waals surface area contributed by atoms with E-state index in [0.717, 1.165) is 25.7 Å². The van der Waals surface area contributed by atoms with E-state index >= 15 is 0 Å². The van der Waals surface area contributed by atoms with Gasteiger partial charge < -0.3 is 10.6 Å². The number of carbonyl (C=O) groups is 2. The molecule has 0 radical (unpaired) electrons. The fourth-order valence-corrected chi connectivity index (χ4v) is 4.32. The Morgan fingerprint density at radius 1 is 1.08 bits per heavy atom. The van der Waals surface area contributed by atoms with Gasteiger partial charge in [-0.3, -0.25) is 9.59 Å². The van der Waals surface area contributed by atoms with E-state index in [2.05, 4.69) is 15.4 Å². The van der Waals surface area contributed by atoms with Crippen molar-refractivity contribution in [3.8, 4) is 0 Å². The molecule has 1 atom stereocenters. The summed E-state index contributed by atoms with van der Waals surface area (Å²) in [6.45, 7) is 0.465. The highest BCUT2D eigenvalue weighted by atomic mass is 32.2. The Labute approximate surface area is 141 Å². The third-order valence-corrected chi connectivity index (χ3v) is 5.95. The van der Waals surface area contributed by atoms with Crippen molar-refractivity contribution in [2.45, 2.75) is 49.1 Å². The number of amides is 2. The lowest BCUT2D eigenvalue weighted by molar-refractivity contribution is -0.120. The Balaban J connectivity index is 1.66. The largest absolute Gasteiger partial charge is 0.355 e. The summed E-state index contributed by atoms with van der Waals surface area (Å²) >= 11 is 0. The standard InChI is InChI=1S/C16H21N3O4S/c20-15(18-12-3-1-2-4-12)11-5-7-13(8-6-11)24(22,23)19-14-9-10-17-16(14)21/h5-8,12,14,19H,1-4,9-10H2,(H,17,21)(H,18,20)/t14-/m1/s1. The molecule has 130 valence electrons. The molecule has 3 N–H and O–H groups in total. The van der Waals surface area contributed by atoms with Crippen LogP contribution in [0.25, 0.3) is 0 Å². The number of hydrogen-bond acceptors (Lipinski definition) is 4. The maximum absolute atomic E-state index is 12.3. The van der Waals surface area contributed by atoms with Gasteiger partial charge in [-0.15, -0.1) is 0 Å². The summed E-state index contributed by atoms with van der Waals surface area (Å²) in [5.74, 6) is -0.500. The molecule has 1 heterocycles. The van der Waals surface area contributed by atoms with Crippen molar-refractivity contribution in [2.24, 2.45) is 0 Å². The molecule has 1 saturated carbocycles. The second-order valence-corrected chi connectivity index (χ2v) is 7.95. The molecule has 0 bridgehead atoms. The topological polar surface area (TPSA) is 104 Å². The summed E-state index contributed by atoms with van der Waals surface area (Å²) < 4.78 is 27.0.